The largest absolute Gasteiger partial charge is 0.346 e. The summed E-state index contributed by atoms with van der Waals surface area (Å²) < 4.78 is 24.4. The van der Waals surface area contributed by atoms with Gasteiger partial charge in [0.2, 0.25) is 0 Å². The molecule has 1 heterocycles. The molecule has 1 aliphatic rings. The zero-order valence-electron chi connectivity index (χ0n) is 8.13. The molecule has 2 nitrogen and oxygen atoms in total. The van der Waals surface area contributed by atoms with E-state index < -0.39 is 5.79 Å². The fourth-order valence-corrected chi connectivity index (χ4v) is 1.62. The smallest absolute Gasteiger partial charge is 0.194 e. The van der Waals surface area contributed by atoms with E-state index in [1.165, 1.54) is 6.07 Å². The van der Waals surface area contributed by atoms with Crippen molar-refractivity contribution in [1.29, 1.82) is 0 Å². The molecule has 0 amide bonds. The standard InChI is InChI=1S/C11H13FO2/c1-11(13-7-4-8-14-11)9-5-2-3-6-10(9)12/h2-3,5-6H,4,7-8H2,1H3. The molecule has 0 aromatic heterocycles. The van der Waals surface area contributed by atoms with Crippen molar-refractivity contribution in [3.05, 3.63) is 35.6 Å². The summed E-state index contributed by atoms with van der Waals surface area (Å²) in [5.41, 5.74) is 0.472. The van der Waals surface area contributed by atoms with Crippen LogP contribution in [0.3, 0.4) is 0 Å². The van der Waals surface area contributed by atoms with Gasteiger partial charge in [-0.25, -0.2) is 4.39 Å². The number of halogens is 1. The molecule has 0 bridgehead atoms. The van der Waals surface area contributed by atoms with E-state index in [9.17, 15) is 4.39 Å². The first kappa shape index (κ1) is 9.62. The molecule has 0 spiro atoms. The van der Waals surface area contributed by atoms with Gasteiger partial charge in [-0.15, -0.1) is 0 Å². The van der Waals surface area contributed by atoms with Crippen molar-refractivity contribution in [2.45, 2.75) is 19.1 Å². The average Bonchev–Trinajstić information content (AvgIpc) is 2.19. The second-order valence-electron chi connectivity index (χ2n) is 3.48. The zero-order valence-corrected chi connectivity index (χ0v) is 8.13. The molecule has 1 aromatic rings. The Hall–Kier alpha value is -0.930. The van der Waals surface area contributed by atoms with E-state index in [1.54, 1.807) is 25.1 Å². The number of rotatable bonds is 1. The number of hydrogen-bond donors (Lipinski definition) is 0. The molecular weight excluding hydrogens is 183 g/mol. The molecule has 0 radical (unpaired) electrons. The van der Waals surface area contributed by atoms with Crippen molar-refractivity contribution in [2.75, 3.05) is 13.2 Å². The second-order valence-corrected chi connectivity index (χ2v) is 3.48. The topological polar surface area (TPSA) is 18.5 Å². The van der Waals surface area contributed by atoms with Crippen molar-refractivity contribution >= 4 is 0 Å². The van der Waals surface area contributed by atoms with Gasteiger partial charge in [0, 0.05) is 5.56 Å². The lowest BCUT2D eigenvalue weighted by Crippen LogP contribution is -2.35. The highest BCUT2D eigenvalue weighted by atomic mass is 19.1. The summed E-state index contributed by atoms with van der Waals surface area (Å²) in [6.45, 7) is 2.99. The SMILES string of the molecule is CC1(c2ccccc2F)OCCCO1. The third kappa shape index (κ3) is 1.65. The van der Waals surface area contributed by atoms with Crippen LogP contribution in [0.2, 0.25) is 0 Å². The molecule has 1 aliphatic heterocycles. The minimum Gasteiger partial charge on any atom is -0.346 e. The van der Waals surface area contributed by atoms with Crippen LogP contribution < -0.4 is 0 Å². The molecule has 1 saturated heterocycles. The van der Waals surface area contributed by atoms with E-state index >= 15 is 0 Å². The molecule has 2 rings (SSSR count). The molecule has 0 unspecified atom stereocenters. The maximum absolute atomic E-state index is 13.5. The van der Waals surface area contributed by atoms with Crippen LogP contribution in [0.5, 0.6) is 0 Å². The lowest BCUT2D eigenvalue weighted by molar-refractivity contribution is -0.266. The summed E-state index contributed by atoms with van der Waals surface area (Å²) in [7, 11) is 0. The van der Waals surface area contributed by atoms with Gasteiger partial charge < -0.3 is 9.47 Å². The van der Waals surface area contributed by atoms with Gasteiger partial charge in [-0.3, -0.25) is 0 Å². The normalized spacial score (nSPS) is 20.7. The Balaban J connectivity index is 2.32. The number of hydrogen-bond acceptors (Lipinski definition) is 2. The number of ether oxygens (including phenoxy) is 2. The molecule has 1 aromatic carbocycles. The third-order valence-electron chi connectivity index (χ3n) is 2.41. The van der Waals surface area contributed by atoms with Gasteiger partial charge in [0.05, 0.1) is 13.2 Å². The second kappa shape index (κ2) is 3.67. The lowest BCUT2D eigenvalue weighted by atomic mass is 10.1. The van der Waals surface area contributed by atoms with Crippen LogP contribution >= 0.6 is 0 Å². The summed E-state index contributed by atoms with van der Waals surface area (Å²) in [6, 6.07) is 6.55. The first-order valence-electron chi connectivity index (χ1n) is 4.75. The van der Waals surface area contributed by atoms with E-state index in [1.807, 2.05) is 0 Å². The van der Waals surface area contributed by atoms with E-state index in [0.29, 0.717) is 18.8 Å². The molecule has 1 fully saturated rings. The average molecular weight is 196 g/mol. The van der Waals surface area contributed by atoms with Crippen LogP contribution in [0.4, 0.5) is 4.39 Å². The Morgan fingerprint density at radius 1 is 1.21 bits per heavy atom. The van der Waals surface area contributed by atoms with Crippen molar-refractivity contribution in [1.82, 2.24) is 0 Å². The van der Waals surface area contributed by atoms with Crippen LogP contribution in [0.25, 0.3) is 0 Å². The first-order valence-corrected chi connectivity index (χ1v) is 4.75. The van der Waals surface area contributed by atoms with Crippen LogP contribution in [0, 0.1) is 5.82 Å². The van der Waals surface area contributed by atoms with E-state index in [4.69, 9.17) is 9.47 Å². The van der Waals surface area contributed by atoms with E-state index in [0.717, 1.165) is 6.42 Å². The predicted octanol–water partition coefficient (Wildman–Crippen LogP) is 2.44. The van der Waals surface area contributed by atoms with Crippen LogP contribution in [0.15, 0.2) is 24.3 Å². The number of benzene rings is 1. The highest BCUT2D eigenvalue weighted by Gasteiger charge is 2.33. The molecule has 0 atom stereocenters. The van der Waals surface area contributed by atoms with E-state index in [2.05, 4.69) is 0 Å². The Bertz CT molecular complexity index is 319. The fourth-order valence-electron chi connectivity index (χ4n) is 1.62. The lowest BCUT2D eigenvalue weighted by Gasteiger charge is -2.34. The van der Waals surface area contributed by atoms with Crippen molar-refractivity contribution in [3.8, 4) is 0 Å². The van der Waals surface area contributed by atoms with Gasteiger partial charge in [-0.1, -0.05) is 18.2 Å². The first-order chi connectivity index (χ1) is 6.72. The minimum atomic E-state index is -0.913. The summed E-state index contributed by atoms with van der Waals surface area (Å²) in [4.78, 5) is 0. The molecule has 0 N–H and O–H groups in total. The summed E-state index contributed by atoms with van der Waals surface area (Å²) in [5.74, 6) is -1.19. The molecule has 0 saturated carbocycles. The quantitative estimate of drug-likeness (QED) is 0.686. The highest BCUT2D eigenvalue weighted by Crippen LogP contribution is 2.31. The third-order valence-corrected chi connectivity index (χ3v) is 2.41. The van der Waals surface area contributed by atoms with Crippen LogP contribution in [-0.2, 0) is 15.3 Å². The maximum Gasteiger partial charge on any atom is 0.194 e. The van der Waals surface area contributed by atoms with Crippen LogP contribution in [0.1, 0.15) is 18.9 Å². The Morgan fingerprint density at radius 2 is 1.86 bits per heavy atom. The van der Waals surface area contributed by atoms with Gasteiger partial charge in [-0.2, -0.15) is 0 Å². The maximum atomic E-state index is 13.5. The van der Waals surface area contributed by atoms with Crippen molar-refractivity contribution in [2.24, 2.45) is 0 Å². The van der Waals surface area contributed by atoms with E-state index in [-0.39, 0.29) is 5.82 Å². The van der Waals surface area contributed by atoms with Crippen molar-refractivity contribution in [3.63, 3.8) is 0 Å². The molecule has 14 heavy (non-hydrogen) atoms. The summed E-state index contributed by atoms with van der Waals surface area (Å²) in [6.07, 6.45) is 0.865. The fraction of sp³-hybridized carbons (Fsp3) is 0.455. The van der Waals surface area contributed by atoms with Crippen LogP contribution in [-0.4, -0.2) is 13.2 Å². The van der Waals surface area contributed by atoms with Gasteiger partial charge in [-0.05, 0) is 19.4 Å². The van der Waals surface area contributed by atoms with Crippen molar-refractivity contribution < 1.29 is 13.9 Å². The predicted molar refractivity (Wildman–Crippen MR) is 50.3 cm³/mol. The van der Waals surface area contributed by atoms with Gasteiger partial charge >= 0.3 is 0 Å². The molecule has 76 valence electrons. The Morgan fingerprint density at radius 3 is 2.50 bits per heavy atom. The van der Waals surface area contributed by atoms with Gasteiger partial charge in [0.25, 0.3) is 0 Å². The van der Waals surface area contributed by atoms with Gasteiger partial charge in [0.15, 0.2) is 5.79 Å². The Kier molecular flexibility index (Phi) is 2.52. The Labute approximate surface area is 82.6 Å². The zero-order chi connectivity index (χ0) is 10.0. The monoisotopic (exact) mass is 196 g/mol. The molecule has 3 heteroatoms. The summed E-state index contributed by atoms with van der Waals surface area (Å²) in [5, 5.41) is 0. The molecular formula is C11H13FO2. The summed E-state index contributed by atoms with van der Waals surface area (Å²) >= 11 is 0. The van der Waals surface area contributed by atoms with Gasteiger partial charge in [0.1, 0.15) is 5.82 Å². The highest BCUT2D eigenvalue weighted by molar-refractivity contribution is 5.22. The minimum absolute atomic E-state index is 0.281. The molecule has 0 aliphatic carbocycles.